The van der Waals surface area contributed by atoms with Crippen LogP contribution < -0.4 is 9.64 Å². The average Bonchev–Trinajstić information content (AvgIpc) is 2.65. The molecule has 3 rings (SSSR count). The topological polar surface area (TPSA) is 49.8 Å². The van der Waals surface area contributed by atoms with Gasteiger partial charge in [-0.15, -0.1) is 0 Å². The van der Waals surface area contributed by atoms with Gasteiger partial charge in [-0.1, -0.05) is 24.3 Å². The summed E-state index contributed by atoms with van der Waals surface area (Å²) < 4.78 is 5.89. The Morgan fingerprint density at radius 3 is 2.71 bits per heavy atom. The molecule has 4 nitrogen and oxygen atoms in total. The number of benzene rings is 2. The molecule has 108 valence electrons. The third kappa shape index (κ3) is 2.84. The van der Waals surface area contributed by atoms with Crippen molar-refractivity contribution >= 4 is 11.7 Å². The molecule has 0 saturated heterocycles. The van der Waals surface area contributed by atoms with Crippen molar-refractivity contribution in [2.24, 2.45) is 0 Å². The van der Waals surface area contributed by atoms with Crippen LogP contribution in [-0.2, 0) is 6.54 Å². The zero-order valence-corrected chi connectivity index (χ0v) is 11.8. The molecule has 0 radical (unpaired) electrons. The molecular formula is C17H17NO3. The number of carbonyl (C=O) groups is 1. The first-order valence-electron chi connectivity index (χ1n) is 6.96. The summed E-state index contributed by atoms with van der Waals surface area (Å²) in [5.74, 6) is -0.265. The molecule has 0 spiro atoms. The summed E-state index contributed by atoms with van der Waals surface area (Å²) in [5.41, 5.74) is 2.41. The Bertz CT molecular complexity index is 654. The lowest BCUT2D eigenvalue weighted by Crippen LogP contribution is -2.30. The Hall–Kier alpha value is -2.49. The summed E-state index contributed by atoms with van der Waals surface area (Å²) >= 11 is 0. The van der Waals surface area contributed by atoms with Gasteiger partial charge in [-0.05, 0) is 31.2 Å². The van der Waals surface area contributed by atoms with Crippen LogP contribution in [0.25, 0.3) is 0 Å². The predicted octanol–water partition coefficient (Wildman–Crippen LogP) is 3.17. The maximum Gasteiger partial charge on any atom is 0.335 e. The molecule has 4 heteroatoms. The summed E-state index contributed by atoms with van der Waals surface area (Å²) in [4.78, 5) is 13.3. The van der Waals surface area contributed by atoms with E-state index < -0.39 is 5.97 Å². The number of aromatic carboxylic acids is 1. The van der Waals surface area contributed by atoms with Crippen molar-refractivity contribution < 1.29 is 14.6 Å². The molecule has 0 amide bonds. The number of anilines is 1. The molecule has 2 aromatic rings. The van der Waals surface area contributed by atoms with E-state index in [0.29, 0.717) is 12.3 Å². The number of carboxylic acid groups (broad SMARTS) is 1. The molecule has 1 N–H and O–H groups in total. The fraction of sp³-hybridized carbons (Fsp3) is 0.235. The minimum atomic E-state index is -0.932. The Labute approximate surface area is 123 Å². The summed E-state index contributed by atoms with van der Waals surface area (Å²) in [6, 6.07) is 15.3. The molecule has 1 heterocycles. The van der Waals surface area contributed by atoms with E-state index in [1.807, 2.05) is 31.2 Å². The fourth-order valence-corrected chi connectivity index (χ4v) is 2.60. The number of nitrogens with zero attached hydrogens (tertiary/aromatic N) is 1. The van der Waals surface area contributed by atoms with Gasteiger partial charge < -0.3 is 14.7 Å². The first kappa shape index (κ1) is 13.5. The number of hydrogen-bond acceptors (Lipinski definition) is 3. The van der Waals surface area contributed by atoms with E-state index in [-0.39, 0.29) is 11.7 Å². The van der Waals surface area contributed by atoms with E-state index in [1.54, 1.807) is 12.1 Å². The lowest BCUT2D eigenvalue weighted by Gasteiger charge is -2.24. The van der Waals surface area contributed by atoms with E-state index >= 15 is 0 Å². The van der Waals surface area contributed by atoms with Crippen molar-refractivity contribution in [3.63, 3.8) is 0 Å². The van der Waals surface area contributed by atoms with Crippen LogP contribution in [0.2, 0.25) is 0 Å². The number of para-hydroxylation sites is 1. The predicted molar refractivity (Wildman–Crippen MR) is 81.0 cm³/mol. The molecule has 0 aromatic heterocycles. The van der Waals surface area contributed by atoms with Crippen LogP contribution in [0.3, 0.4) is 0 Å². The molecule has 0 bridgehead atoms. The van der Waals surface area contributed by atoms with Gasteiger partial charge in [-0.25, -0.2) is 4.79 Å². The largest absolute Gasteiger partial charge is 0.488 e. The molecule has 1 unspecified atom stereocenters. The molecule has 1 atom stereocenters. The third-order valence-corrected chi connectivity index (χ3v) is 3.60. The van der Waals surface area contributed by atoms with Crippen LogP contribution in [-0.4, -0.2) is 23.7 Å². The molecule has 0 aliphatic carbocycles. The minimum absolute atomic E-state index is 0.00417. The van der Waals surface area contributed by atoms with Gasteiger partial charge in [0, 0.05) is 17.8 Å². The van der Waals surface area contributed by atoms with Crippen LogP contribution in [0.1, 0.15) is 22.8 Å². The Morgan fingerprint density at radius 2 is 2.00 bits per heavy atom. The molecule has 0 saturated carbocycles. The first-order valence-corrected chi connectivity index (χ1v) is 6.96. The zero-order valence-electron chi connectivity index (χ0n) is 11.8. The quantitative estimate of drug-likeness (QED) is 0.919. The van der Waals surface area contributed by atoms with E-state index in [0.717, 1.165) is 17.8 Å². The minimum Gasteiger partial charge on any atom is -0.488 e. The van der Waals surface area contributed by atoms with Crippen molar-refractivity contribution in [2.75, 3.05) is 11.4 Å². The highest BCUT2D eigenvalue weighted by molar-refractivity contribution is 5.88. The van der Waals surface area contributed by atoms with Gasteiger partial charge in [-0.2, -0.15) is 0 Å². The standard InChI is InChI=1S/C17H17NO3/c1-12-10-18(15-5-3-2-4-6-15)11-14-8-7-13(17(19)20)9-16(14)21-12/h2-9,12H,10-11H2,1H3,(H,19,20). The number of ether oxygens (including phenoxy) is 1. The second kappa shape index (κ2) is 5.48. The maximum atomic E-state index is 11.1. The second-order valence-electron chi connectivity index (χ2n) is 5.27. The summed E-state index contributed by atoms with van der Waals surface area (Å²) in [7, 11) is 0. The molecule has 1 aliphatic heterocycles. The van der Waals surface area contributed by atoms with Crippen molar-refractivity contribution in [3.8, 4) is 5.75 Å². The molecular weight excluding hydrogens is 266 g/mol. The number of fused-ring (bicyclic) bond motifs is 1. The number of hydrogen-bond donors (Lipinski definition) is 1. The van der Waals surface area contributed by atoms with Gasteiger partial charge in [0.1, 0.15) is 11.9 Å². The third-order valence-electron chi connectivity index (χ3n) is 3.60. The van der Waals surface area contributed by atoms with Crippen LogP contribution >= 0.6 is 0 Å². The van der Waals surface area contributed by atoms with Crippen molar-refractivity contribution in [3.05, 3.63) is 59.7 Å². The van der Waals surface area contributed by atoms with Gasteiger partial charge >= 0.3 is 5.97 Å². The van der Waals surface area contributed by atoms with E-state index in [9.17, 15) is 4.79 Å². The Balaban J connectivity index is 1.95. The number of carboxylic acids is 1. The molecule has 1 aliphatic rings. The first-order chi connectivity index (χ1) is 10.1. The second-order valence-corrected chi connectivity index (χ2v) is 5.27. The van der Waals surface area contributed by atoms with Crippen LogP contribution in [0.15, 0.2) is 48.5 Å². The SMILES string of the molecule is CC1CN(c2ccccc2)Cc2ccc(C(=O)O)cc2O1. The van der Waals surface area contributed by atoms with E-state index in [2.05, 4.69) is 17.0 Å². The van der Waals surface area contributed by atoms with Gasteiger partial charge in [-0.3, -0.25) is 0 Å². The molecule has 0 fully saturated rings. The maximum absolute atomic E-state index is 11.1. The Morgan fingerprint density at radius 1 is 1.24 bits per heavy atom. The van der Waals surface area contributed by atoms with E-state index in [4.69, 9.17) is 9.84 Å². The van der Waals surface area contributed by atoms with Crippen molar-refractivity contribution in [1.29, 1.82) is 0 Å². The normalized spacial score (nSPS) is 17.6. The summed E-state index contributed by atoms with van der Waals surface area (Å²) in [5, 5.41) is 9.09. The van der Waals surface area contributed by atoms with Gasteiger partial charge in [0.2, 0.25) is 0 Å². The van der Waals surface area contributed by atoms with Crippen LogP contribution in [0.4, 0.5) is 5.69 Å². The summed E-state index contributed by atoms with van der Waals surface area (Å²) in [6.45, 7) is 3.48. The van der Waals surface area contributed by atoms with Crippen molar-refractivity contribution in [1.82, 2.24) is 0 Å². The smallest absolute Gasteiger partial charge is 0.335 e. The van der Waals surface area contributed by atoms with Gasteiger partial charge in [0.25, 0.3) is 0 Å². The highest BCUT2D eigenvalue weighted by Gasteiger charge is 2.21. The fourth-order valence-electron chi connectivity index (χ4n) is 2.60. The highest BCUT2D eigenvalue weighted by atomic mass is 16.5. The average molecular weight is 283 g/mol. The Kier molecular flexibility index (Phi) is 3.52. The van der Waals surface area contributed by atoms with Crippen molar-refractivity contribution in [2.45, 2.75) is 19.6 Å². The van der Waals surface area contributed by atoms with Gasteiger partial charge in [0.05, 0.1) is 12.1 Å². The van der Waals surface area contributed by atoms with Crippen LogP contribution in [0.5, 0.6) is 5.75 Å². The lowest BCUT2D eigenvalue weighted by molar-refractivity contribution is 0.0696. The molecule has 2 aromatic carbocycles. The monoisotopic (exact) mass is 283 g/mol. The summed E-state index contributed by atoms with van der Waals surface area (Å²) in [6.07, 6.45) is -0.00417. The molecule has 21 heavy (non-hydrogen) atoms. The zero-order chi connectivity index (χ0) is 14.8. The number of rotatable bonds is 2. The highest BCUT2D eigenvalue weighted by Crippen LogP contribution is 2.29. The van der Waals surface area contributed by atoms with Gasteiger partial charge in [0.15, 0.2) is 0 Å². The van der Waals surface area contributed by atoms with Crippen LogP contribution in [0, 0.1) is 0 Å². The van der Waals surface area contributed by atoms with E-state index in [1.165, 1.54) is 0 Å². The lowest BCUT2D eigenvalue weighted by atomic mass is 10.1.